The molecule has 0 bridgehead atoms. The van der Waals surface area contributed by atoms with Crippen LogP contribution in [0.2, 0.25) is 0 Å². The molecule has 0 fully saturated rings. The van der Waals surface area contributed by atoms with Crippen LogP contribution in [0.25, 0.3) is 10.2 Å². The van der Waals surface area contributed by atoms with Crippen molar-refractivity contribution in [2.24, 2.45) is 0 Å². The van der Waals surface area contributed by atoms with Crippen molar-refractivity contribution in [3.05, 3.63) is 53.6 Å². The molecule has 0 aliphatic rings. The number of nitrogens with zero attached hydrogens (tertiary/aromatic N) is 3. The van der Waals surface area contributed by atoms with Crippen LogP contribution in [0.3, 0.4) is 0 Å². The van der Waals surface area contributed by atoms with Crippen LogP contribution in [0.1, 0.15) is 31.9 Å². The van der Waals surface area contributed by atoms with E-state index in [1.54, 1.807) is 23.1 Å². The first-order valence-corrected chi connectivity index (χ1v) is 12.5. The second kappa shape index (κ2) is 10.9. The highest BCUT2D eigenvalue weighted by Gasteiger charge is 2.21. The molecule has 0 saturated heterocycles. The number of aromatic nitrogens is 1. The van der Waals surface area contributed by atoms with Crippen LogP contribution < -0.4 is 4.90 Å². The zero-order chi connectivity index (χ0) is 21.5. The van der Waals surface area contributed by atoms with E-state index in [0.29, 0.717) is 12.3 Å². The number of rotatable bonds is 10. The van der Waals surface area contributed by atoms with Gasteiger partial charge in [-0.25, -0.2) is 4.98 Å². The topological polar surface area (TPSA) is 36.4 Å². The summed E-state index contributed by atoms with van der Waals surface area (Å²) in [4.78, 5) is 23.5. The minimum atomic E-state index is 0.116. The first-order valence-electron chi connectivity index (χ1n) is 10.7. The summed E-state index contributed by atoms with van der Waals surface area (Å²) < 4.78 is 1.15. The van der Waals surface area contributed by atoms with Crippen molar-refractivity contribution < 1.29 is 4.79 Å². The molecule has 0 atom stereocenters. The number of anilines is 1. The van der Waals surface area contributed by atoms with E-state index in [0.717, 1.165) is 46.3 Å². The van der Waals surface area contributed by atoms with Crippen LogP contribution in [-0.2, 0) is 11.2 Å². The lowest BCUT2D eigenvalue weighted by atomic mass is 10.1. The molecule has 4 nitrogen and oxygen atoms in total. The summed E-state index contributed by atoms with van der Waals surface area (Å²) in [5.74, 6) is 0.530. The quantitative estimate of drug-likeness (QED) is 0.382. The van der Waals surface area contributed by atoms with E-state index in [1.807, 2.05) is 4.90 Å². The van der Waals surface area contributed by atoms with Crippen LogP contribution in [-0.4, -0.2) is 47.7 Å². The van der Waals surface area contributed by atoms with Gasteiger partial charge in [0, 0.05) is 18.0 Å². The molecular formula is C24H31N3OS2. The van der Waals surface area contributed by atoms with Crippen LogP contribution >= 0.6 is 23.1 Å². The molecule has 3 rings (SSSR count). The van der Waals surface area contributed by atoms with E-state index in [1.165, 1.54) is 11.1 Å². The van der Waals surface area contributed by atoms with Crippen molar-refractivity contribution in [2.75, 3.05) is 36.8 Å². The highest BCUT2D eigenvalue weighted by molar-refractivity contribution is 8.00. The lowest BCUT2D eigenvalue weighted by molar-refractivity contribution is -0.116. The molecule has 1 aromatic heterocycles. The second-order valence-corrected chi connectivity index (χ2v) is 9.35. The number of hydrogen-bond donors (Lipinski definition) is 0. The van der Waals surface area contributed by atoms with Gasteiger partial charge >= 0.3 is 0 Å². The summed E-state index contributed by atoms with van der Waals surface area (Å²) in [5.41, 5.74) is 3.50. The molecule has 0 aliphatic heterocycles. The molecule has 30 heavy (non-hydrogen) atoms. The number of carbonyl (C=O) groups excluding carboxylic acids is 1. The molecule has 0 aliphatic carbocycles. The number of benzene rings is 2. The van der Waals surface area contributed by atoms with Gasteiger partial charge in [-0.2, -0.15) is 0 Å². The molecule has 0 spiro atoms. The molecule has 0 unspecified atom stereocenters. The predicted octanol–water partition coefficient (Wildman–Crippen LogP) is 5.63. The van der Waals surface area contributed by atoms with Gasteiger partial charge < -0.3 is 4.90 Å². The predicted molar refractivity (Wildman–Crippen MR) is 131 cm³/mol. The molecule has 1 amide bonds. The normalized spacial score (nSPS) is 11.4. The Hall–Kier alpha value is -1.89. The van der Waals surface area contributed by atoms with Crippen molar-refractivity contribution in [1.82, 2.24) is 9.88 Å². The molecule has 0 saturated carbocycles. The average Bonchev–Trinajstić information content (AvgIpc) is 3.20. The lowest BCUT2D eigenvalue weighted by Crippen LogP contribution is -2.39. The number of thioether (sulfide) groups is 1. The number of para-hydroxylation sites is 1. The van der Waals surface area contributed by atoms with Gasteiger partial charge in [-0.05, 0) is 50.2 Å². The molecule has 160 valence electrons. The SMILES string of the molecule is CCc1cccc2sc(N(CCN(CC)CC)C(=O)CSc3ccc(C)cc3)nc12. The number of aryl methyl sites for hydroxylation is 2. The molecular weight excluding hydrogens is 410 g/mol. The minimum absolute atomic E-state index is 0.116. The first kappa shape index (κ1) is 22.8. The van der Waals surface area contributed by atoms with Crippen molar-refractivity contribution >= 4 is 44.4 Å². The van der Waals surface area contributed by atoms with E-state index in [-0.39, 0.29) is 5.91 Å². The Morgan fingerprint density at radius 3 is 2.43 bits per heavy atom. The Balaban J connectivity index is 1.82. The number of hydrogen-bond acceptors (Lipinski definition) is 5. The minimum Gasteiger partial charge on any atom is -0.302 e. The monoisotopic (exact) mass is 441 g/mol. The van der Waals surface area contributed by atoms with Gasteiger partial charge in [0.1, 0.15) is 0 Å². The van der Waals surface area contributed by atoms with E-state index < -0.39 is 0 Å². The van der Waals surface area contributed by atoms with E-state index in [9.17, 15) is 4.79 Å². The van der Waals surface area contributed by atoms with Gasteiger partial charge in [0.2, 0.25) is 5.91 Å². The van der Waals surface area contributed by atoms with Gasteiger partial charge in [0.25, 0.3) is 0 Å². The summed E-state index contributed by atoms with van der Waals surface area (Å²) in [6, 6.07) is 14.6. The lowest BCUT2D eigenvalue weighted by Gasteiger charge is -2.24. The molecule has 1 heterocycles. The largest absolute Gasteiger partial charge is 0.302 e. The van der Waals surface area contributed by atoms with E-state index in [2.05, 4.69) is 75.1 Å². The maximum atomic E-state index is 13.3. The third-order valence-electron chi connectivity index (χ3n) is 5.32. The third kappa shape index (κ3) is 5.62. The number of fused-ring (bicyclic) bond motifs is 1. The van der Waals surface area contributed by atoms with Crippen LogP contribution in [0.5, 0.6) is 0 Å². The summed E-state index contributed by atoms with van der Waals surface area (Å²) >= 11 is 3.21. The van der Waals surface area contributed by atoms with E-state index in [4.69, 9.17) is 4.98 Å². The number of thiazole rings is 1. The molecule has 0 N–H and O–H groups in total. The zero-order valence-corrected chi connectivity index (χ0v) is 20.0. The highest BCUT2D eigenvalue weighted by atomic mass is 32.2. The number of likely N-dealkylation sites (N-methyl/N-ethyl adjacent to an activating group) is 1. The summed E-state index contributed by atoms with van der Waals surface area (Å²) in [7, 11) is 0. The van der Waals surface area contributed by atoms with Crippen molar-refractivity contribution in [3.63, 3.8) is 0 Å². The third-order valence-corrected chi connectivity index (χ3v) is 7.36. The maximum absolute atomic E-state index is 13.3. The Morgan fingerprint density at radius 1 is 1.03 bits per heavy atom. The van der Waals surface area contributed by atoms with E-state index >= 15 is 0 Å². The van der Waals surface area contributed by atoms with Crippen molar-refractivity contribution in [1.29, 1.82) is 0 Å². The first-order chi connectivity index (χ1) is 14.5. The van der Waals surface area contributed by atoms with Gasteiger partial charge in [0.05, 0.1) is 16.0 Å². The fraction of sp³-hybridized carbons (Fsp3) is 0.417. The van der Waals surface area contributed by atoms with Crippen LogP contribution in [0, 0.1) is 6.92 Å². The summed E-state index contributed by atoms with van der Waals surface area (Å²) in [6.45, 7) is 12.0. The molecule has 2 aromatic carbocycles. The number of carbonyl (C=O) groups is 1. The zero-order valence-electron chi connectivity index (χ0n) is 18.4. The Labute approximate surface area is 188 Å². The maximum Gasteiger partial charge on any atom is 0.239 e. The fourth-order valence-corrected chi connectivity index (χ4v) is 5.19. The molecule has 6 heteroatoms. The van der Waals surface area contributed by atoms with Gasteiger partial charge in [-0.3, -0.25) is 9.69 Å². The number of amides is 1. The van der Waals surface area contributed by atoms with Crippen LogP contribution in [0.4, 0.5) is 5.13 Å². The Kier molecular flexibility index (Phi) is 8.31. The average molecular weight is 442 g/mol. The van der Waals surface area contributed by atoms with Gasteiger partial charge in [-0.1, -0.05) is 61.9 Å². The summed E-state index contributed by atoms with van der Waals surface area (Å²) in [6.07, 6.45) is 0.942. The Morgan fingerprint density at radius 2 is 1.77 bits per heavy atom. The van der Waals surface area contributed by atoms with Crippen molar-refractivity contribution in [2.45, 2.75) is 39.0 Å². The van der Waals surface area contributed by atoms with Gasteiger partial charge in [0.15, 0.2) is 5.13 Å². The van der Waals surface area contributed by atoms with Gasteiger partial charge in [-0.15, -0.1) is 11.8 Å². The van der Waals surface area contributed by atoms with Crippen molar-refractivity contribution in [3.8, 4) is 0 Å². The molecule has 3 aromatic rings. The Bertz CT molecular complexity index is 964. The smallest absolute Gasteiger partial charge is 0.239 e. The highest BCUT2D eigenvalue weighted by Crippen LogP contribution is 2.32. The molecule has 0 radical (unpaired) electrons. The standard InChI is InChI=1S/C24H31N3OS2/c1-5-19-9-8-10-21-23(19)25-24(30-21)27(16-15-26(6-2)7-3)22(28)17-29-20-13-11-18(4)12-14-20/h8-14H,5-7,15-17H2,1-4H3. The second-order valence-electron chi connectivity index (χ2n) is 7.29. The van der Waals surface area contributed by atoms with Crippen LogP contribution in [0.15, 0.2) is 47.4 Å². The summed E-state index contributed by atoms with van der Waals surface area (Å²) in [5, 5.41) is 0.813. The fourth-order valence-electron chi connectivity index (χ4n) is 3.36.